The maximum Gasteiger partial charge on any atom is 0.431 e. The van der Waals surface area contributed by atoms with Crippen molar-refractivity contribution in [1.82, 2.24) is 9.13 Å². The minimum Gasteiger partial charge on any atom is -0.467 e. The van der Waals surface area contributed by atoms with Gasteiger partial charge in [0.15, 0.2) is 5.75 Å². The number of nitrogens with zero attached hydrogens (tertiary/aromatic N) is 2. The number of methoxy groups -OCH3 is 1. The number of para-hydroxylation sites is 2. The molecule has 1 heterocycles. The molecule has 3 aromatic rings. The lowest BCUT2D eigenvalue weighted by Crippen LogP contribution is -2.41. The highest BCUT2D eigenvalue weighted by Gasteiger charge is 2.35. The van der Waals surface area contributed by atoms with E-state index in [0.717, 1.165) is 19.2 Å². The monoisotopic (exact) mass is 515 g/mol. The van der Waals surface area contributed by atoms with E-state index in [1.54, 1.807) is 25.1 Å². The topological polar surface area (TPSA) is 91.6 Å². The number of rotatable bonds is 6. The number of carbonyl (C=O) groups is 1. The molecule has 1 unspecified atom stereocenters. The van der Waals surface area contributed by atoms with Crippen molar-refractivity contribution in [2.45, 2.75) is 19.1 Å². The molecule has 0 saturated carbocycles. The van der Waals surface area contributed by atoms with Crippen LogP contribution >= 0.6 is 11.6 Å². The van der Waals surface area contributed by atoms with Crippen LogP contribution in [0, 0.1) is 5.82 Å². The largest absolute Gasteiger partial charge is 0.467 e. The van der Waals surface area contributed by atoms with Gasteiger partial charge in [-0.15, -0.1) is 0 Å². The smallest absolute Gasteiger partial charge is 0.431 e. The van der Waals surface area contributed by atoms with E-state index in [4.69, 9.17) is 16.3 Å². The van der Waals surface area contributed by atoms with Crippen molar-refractivity contribution < 1.29 is 31.8 Å². The van der Waals surface area contributed by atoms with Crippen LogP contribution < -0.4 is 21.3 Å². The van der Waals surface area contributed by atoms with Gasteiger partial charge in [0.2, 0.25) is 0 Å². The van der Waals surface area contributed by atoms with Crippen molar-refractivity contribution in [3.05, 3.63) is 79.8 Å². The van der Waals surface area contributed by atoms with Gasteiger partial charge in [-0.25, -0.2) is 18.5 Å². The molecule has 0 fully saturated rings. The van der Waals surface area contributed by atoms with Crippen LogP contribution in [0.2, 0.25) is 5.02 Å². The Kier molecular flexibility index (Phi) is 7.25. The Morgan fingerprint density at radius 2 is 1.77 bits per heavy atom. The van der Waals surface area contributed by atoms with Gasteiger partial charge in [0.25, 0.3) is 5.56 Å². The number of nitrogens with one attached hydrogen (secondary N) is 1. The summed E-state index contributed by atoms with van der Waals surface area (Å²) in [5, 5.41) is 2.62. The van der Waals surface area contributed by atoms with Gasteiger partial charge < -0.3 is 14.8 Å². The van der Waals surface area contributed by atoms with Gasteiger partial charge in [-0.1, -0.05) is 23.7 Å². The van der Waals surface area contributed by atoms with E-state index in [-0.39, 0.29) is 31.7 Å². The second-order valence-corrected chi connectivity index (χ2v) is 7.67. The third kappa shape index (κ3) is 5.32. The van der Waals surface area contributed by atoms with Gasteiger partial charge in [-0.2, -0.15) is 13.2 Å². The Morgan fingerprint density at radius 3 is 2.40 bits per heavy atom. The summed E-state index contributed by atoms with van der Waals surface area (Å²) in [7, 11) is 2.02. The molecule has 0 aliphatic carbocycles. The number of hydrogen-bond donors (Lipinski definition) is 1. The number of esters is 1. The molecule has 0 amide bonds. The first kappa shape index (κ1) is 25.8. The first-order chi connectivity index (χ1) is 16.3. The molecule has 0 aliphatic rings. The molecule has 0 bridgehead atoms. The van der Waals surface area contributed by atoms with E-state index in [2.05, 4.69) is 10.1 Å². The summed E-state index contributed by atoms with van der Waals surface area (Å²) in [6.45, 7) is 1.54. The molecule has 3 rings (SSSR count). The Balaban J connectivity index is 2.09. The maximum absolute atomic E-state index is 14.7. The molecule has 1 N–H and O–H groups in total. The number of alkyl halides is 3. The van der Waals surface area contributed by atoms with E-state index < -0.39 is 46.6 Å². The second-order valence-electron chi connectivity index (χ2n) is 7.26. The third-order valence-electron chi connectivity index (χ3n) is 4.89. The van der Waals surface area contributed by atoms with Crippen LogP contribution in [0.4, 0.5) is 23.2 Å². The summed E-state index contributed by atoms with van der Waals surface area (Å²) in [6.07, 6.45) is -4.98. The zero-order valence-corrected chi connectivity index (χ0v) is 19.2. The number of ether oxygens (including phenoxy) is 2. The summed E-state index contributed by atoms with van der Waals surface area (Å²) in [5.74, 6) is -1.78. The van der Waals surface area contributed by atoms with Gasteiger partial charge in [0, 0.05) is 19.2 Å². The van der Waals surface area contributed by atoms with E-state index in [0.29, 0.717) is 5.69 Å². The highest BCUT2D eigenvalue weighted by Crippen LogP contribution is 2.36. The zero-order chi connectivity index (χ0) is 26.1. The van der Waals surface area contributed by atoms with Crippen LogP contribution in [0.3, 0.4) is 0 Å². The van der Waals surface area contributed by atoms with E-state index in [9.17, 15) is 31.9 Å². The van der Waals surface area contributed by atoms with Crippen LogP contribution in [0.15, 0.2) is 52.1 Å². The molecule has 0 aliphatic heterocycles. The minimum atomic E-state index is -4.98. The van der Waals surface area contributed by atoms with Crippen molar-refractivity contribution in [1.29, 1.82) is 0 Å². The number of benzene rings is 2. The van der Waals surface area contributed by atoms with Crippen molar-refractivity contribution in [3.63, 3.8) is 0 Å². The summed E-state index contributed by atoms with van der Waals surface area (Å²) < 4.78 is 64.9. The van der Waals surface area contributed by atoms with Crippen LogP contribution in [0.5, 0.6) is 11.5 Å². The molecule has 0 saturated heterocycles. The highest BCUT2D eigenvalue weighted by atomic mass is 35.5. The van der Waals surface area contributed by atoms with Gasteiger partial charge >= 0.3 is 17.8 Å². The molecule has 0 radical (unpaired) electrons. The average Bonchev–Trinajstić information content (AvgIpc) is 2.78. The molecule has 1 atom stereocenters. The summed E-state index contributed by atoms with van der Waals surface area (Å²) in [4.78, 5) is 36.7. The quantitative estimate of drug-likeness (QED) is 0.392. The fourth-order valence-electron chi connectivity index (χ4n) is 3.15. The summed E-state index contributed by atoms with van der Waals surface area (Å²) in [6, 6.07) is 7.39. The van der Waals surface area contributed by atoms with Crippen molar-refractivity contribution in [2.75, 3.05) is 12.4 Å². The van der Waals surface area contributed by atoms with E-state index >= 15 is 0 Å². The molecule has 1 aromatic heterocycles. The molecular formula is C22H18ClF4N3O5. The number of aromatic nitrogens is 2. The van der Waals surface area contributed by atoms with Crippen LogP contribution in [0.25, 0.3) is 5.69 Å². The predicted octanol–water partition coefficient (Wildman–Crippen LogP) is 4.11. The lowest BCUT2D eigenvalue weighted by molar-refractivity contribution is -0.144. The van der Waals surface area contributed by atoms with Crippen LogP contribution in [0.1, 0.15) is 12.6 Å². The summed E-state index contributed by atoms with van der Waals surface area (Å²) >= 11 is 6.09. The second kappa shape index (κ2) is 9.82. The first-order valence-corrected chi connectivity index (χ1v) is 10.2. The Morgan fingerprint density at radius 1 is 1.11 bits per heavy atom. The van der Waals surface area contributed by atoms with E-state index in [1.807, 2.05) is 0 Å². The maximum atomic E-state index is 14.7. The third-order valence-corrected chi connectivity index (χ3v) is 5.18. The minimum absolute atomic E-state index is 0.135. The molecule has 186 valence electrons. The molecular weight excluding hydrogens is 498 g/mol. The van der Waals surface area contributed by atoms with E-state index in [1.165, 1.54) is 13.2 Å². The average molecular weight is 516 g/mol. The highest BCUT2D eigenvalue weighted by molar-refractivity contribution is 6.32. The lowest BCUT2D eigenvalue weighted by atomic mass is 10.2. The van der Waals surface area contributed by atoms with Crippen molar-refractivity contribution >= 4 is 23.3 Å². The molecule has 0 spiro atoms. The van der Waals surface area contributed by atoms with Crippen molar-refractivity contribution in [2.24, 2.45) is 7.05 Å². The number of anilines is 1. The van der Waals surface area contributed by atoms with Gasteiger partial charge in [-0.05, 0) is 25.1 Å². The molecule has 8 nitrogen and oxygen atoms in total. The Labute approximate surface area is 200 Å². The van der Waals surface area contributed by atoms with Crippen LogP contribution in [-0.2, 0) is 22.8 Å². The molecule has 13 heteroatoms. The lowest BCUT2D eigenvalue weighted by Gasteiger charge is -2.18. The molecule has 35 heavy (non-hydrogen) atoms. The number of halogens is 5. The Hall–Kier alpha value is -3.80. The zero-order valence-electron chi connectivity index (χ0n) is 18.4. The van der Waals surface area contributed by atoms with Crippen LogP contribution in [-0.4, -0.2) is 28.3 Å². The van der Waals surface area contributed by atoms with Crippen molar-refractivity contribution in [3.8, 4) is 17.2 Å². The normalized spacial score (nSPS) is 12.2. The fourth-order valence-corrected chi connectivity index (χ4v) is 3.34. The summed E-state index contributed by atoms with van der Waals surface area (Å²) in [5.41, 5.74) is -4.66. The first-order valence-electron chi connectivity index (χ1n) is 9.86. The Bertz CT molecular complexity index is 1400. The number of hydrogen-bond acceptors (Lipinski definition) is 6. The standard InChI is InChI=1S/C22H18ClF4N3O5/c1-11(20(32)34-3)28-14-6-4-5-7-16(14)35-17-9-15(13(24)8-12(17)23)30-19(31)10-18(22(25,26)27)29(2)21(30)33/h4-11,28H,1-3H3. The van der Waals surface area contributed by atoms with Gasteiger partial charge in [0.1, 0.15) is 23.3 Å². The van der Waals surface area contributed by atoms with Gasteiger partial charge in [0.05, 0.1) is 23.5 Å². The van der Waals surface area contributed by atoms with Gasteiger partial charge in [-0.3, -0.25) is 9.36 Å². The molecule has 2 aromatic carbocycles. The fraction of sp³-hybridized carbons (Fsp3) is 0.227. The number of carbonyl (C=O) groups excluding carboxylic acids is 1. The predicted molar refractivity (Wildman–Crippen MR) is 119 cm³/mol. The SMILES string of the molecule is COC(=O)C(C)Nc1ccccc1Oc1cc(-n2c(=O)cc(C(F)(F)F)n(C)c2=O)c(F)cc1Cl.